The van der Waals surface area contributed by atoms with Crippen molar-refractivity contribution in [2.45, 2.75) is 32.9 Å². The predicted molar refractivity (Wildman–Crippen MR) is 70.8 cm³/mol. The van der Waals surface area contributed by atoms with Crippen molar-refractivity contribution in [2.24, 2.45) is 11.7 Å². The summed E-state index contributed by atoms with van der Waals surface area (Å²) in [7, 11) is 0. The number of hydrogen-bond donors (Lipinski definition) is 2. The van der Waals surface area contributed by atoms with Crippen molar-refractivity contribution in [3.63, 3.8) is 0 Å². The first-order valence-corrected chi connectivity index (χ1v) is 6.11. The molecule has 3 nitrogen and oxygen atoms in total. The van der Waals surface area contributed by atoms with Crippen LogP contribution in [0.25, 0.3) is 0 Å². The Morgan fingerprint density at radius 2 is 1.76 bits per heavy atom. The van der Waals surface area contributed by atoms with Gasteiger partial charge in [-0.3, -0.25) is 4.79 Å². The van der Waals surface area contributed by atoms with E-state index in [9.17, 15) is 4.79 Å². The van der Waals surface area contributed by atoms with Gasteiger partial charge >= 0.3 is 0 Å². The minimum absolute atomic E-state index is 0.0652. The van der Waals surface area contributed by atoms with Crippen LogP contribution in [0, 0.1) is 5.92 Å². The molecule has 0 bridgehead atoms. The van der Waals surface area contributed by atoms with Gasteiger partial charge in [-0.1, -0.05) is 37.6 Å². The highest BCUT2D eigenvalue weighted by molar-refractivity contribution is 6.30. The number of hydrogen-bond acceptors (Lipinski definition) is 2. The van der Waals surface area contributed by atoms with Crippen LogP contribution in [0.4, 0.5) is 0 Å². The van der Waals surface area contributed by atoms with E-state index in [1.54, 1.807) is 0 Å². The molecular weight excluding hydrogens is 236 g/mol. The van der Waals surface area contributed by atoms with E-state index in [0.29, 0.717) is 5.02 Å². The Hall–Kier alpha value is -1.06. The van der Waals surface area contributed by atoms with Crippen LogP contribution < -0.4 is 11.1 Å². The van der Waals surface area contributed by atoms with Crippen LogP contribution in [0.1, 0.15) is 32.4 Å². The molecule has 0 heterocycles. The summed E-state index contributed by atoms with van der Waals surface area (Å²) in [5.74, 6) is 0.00914. The second kappa shape index (κ2) is 6.03. The summed E-state index contributed by atoms with van der Waals surface area (Å²) in [6.07, 6.45) is 0. The normalized spacial score (nSPS) is 14.5. The molecule has 0 fully saturated rings. The Bertz CT molecular complexity index is 376. The Kier molecular flexibility index (Phi) is 4.97. The van der Waals surface area contributed by atoms with Crippen LogP contribution in [-0.2, 0) is 4.79 Å². The molecule has 0 spiro atoms. The molecular formula is C13H19ClN2O. The van der Waals surface area contributed by atoms with E-state index in [-0.39, 0.29) is 17.9 Å². The highest BCUT2D eigenvalue weighted by Crippen LogP contribution is 2.16. The van der Waals surface area contributed by atoms with Crippen molar-refractivity contribution in [2.75, 3.05) is 0 Å². The van der Waals surface area contributed by atoms with Gasteiger partial charge in [0.15, 0.2) is 0 Å². The monoisotopic (exact) mass is 254 g/mol. The Balaban J connectivity index is 2.63. The molecule has 1 rings (SSSR count). The third kappa shape index (κ3) is 4.02. The van der Waals surface area contributed by atoms with Crippen LogP contribution in [-0.4, -0.2) is 11.9 Å². The molecule has 4 heteroatoms. The van der Waals surface area contributed by atoms with Crippen LogP contribution in [0.2, 0.25) is 5.02 Å². The maximum absolute atomic E-state index is 11.8. The third-order valence-electron chi connectivity index (χ3n) is 2.75. The zero-order chi connectivity index (χ0) is 13.0. The molecule has 17 heavy (non-hydrogen) atoms. The Morgan fingerprint density at radius 3 is 2.24 bits per heavy atom. The first-order chi connectivity index (χ1) is 7.91. The summed E-state index contributed by atoms with van der Waals surface area (Å²) in [5, 5.41) is 3.58. The maximum Gasteiger partial charge on any atom is 0.237 e. The highest BCUT2D eigenvalue weighted by Gasteiger charge is 2.19. The first kappa shape index (κ1) is 14.0. The van der Waals surface area contributed by atoms with Crippen molar-refractivity contribution >= 4 is 17.5 Å². The minimum Gasteiger partial charge on any atom is -0.348 e. The zero-order valence-corrected chi connectivity index (χ0v) is 11.2. The maximum atomic E-state index is 11.8. The number of benzene rings is 1. The van der Waals surface area contributed by atoms with Crippen molar-refractivity contribution in [1.82, 2.24) is 5.32 Å². The number of nitrogens with two attached hydrogens (primary N) is 1. The first-order valence-electron chi connectivity index (χ1n) is 5.73. The molecule has 0 radical (unpaired) electrons. The summed E-state index contributed by atoms with van der Waals surface area (Å²) in [6.45, 7) is 5.78. The lowest BCUT2D eigenvalue weighted by Gasteiger charge is -2.20. The standard InChI is InChI=1S/C13H19ClN2O/c1-8(2)12(15)13(17)16-9(3)10-4-6-11(14)7-5-10/h4-9,12H,15H2,1-3H3,(H,16,17)/t9?,12-/m0/s1. The van der Waals surface area contributed by atoms with Gasteiger partial charge in [0.25, 0.3) is 0 Å². The van der Waals surface area contributed by atoms with Gasteiger partial charge in [-0.2, -0.15) is 0 Å². The smallest absolute Gasteiger partial charge is 0.237 e. The molecule has 0 saturated carbocycles. The summed E-state index contributed by atoms with van der Waals surface area (Å²) < 4.78 is 0. The summed E-state index contributed by atoms with van der Waals surface area (Å²) in [6, 6.07) is 6.88. The average molecular weight is 255 g/mol. The molecule has 1 aromatic carbocycles. The predicted octanol–water partition coefficient (Wildman–Crippen LogP) is 2.50. The fraction of sp³-hybridized carbons (Fsp3) is 0.462. The minimum atomic E-state index is -0.468. The second-order valence-electron chi connectivity index (χ2n) is 4.55. The van der Waals surface area contributed by atoms with E-state index in [1.807, 2.05) is 45.0 Å². The molecule has 1 amide bonds. The molecule has 0 aliphatic carbocycles. The van der Waals surface area contributed by atoms with E-state index in [0.717, 1.165) is 5.56 Å². The number of carbonyl (C=O) groups excluding carboxylic acids is 1. The van der Waals surface area contributed by atoms with E-state index in [1.165, 1.54) is 0 Å². The number of amides is 1. The molecule has 3 N–H and O–H groups in total. The van der Waals surface area contributed by atoms with Gasteiger partial charge < -0.3 is 11.1 Å². The SMILES string of the molecule is CC(NC(=O)[C@@H](N)C(C)C)c1ccc(Cl)cc1. The van der Waals surface area contributed by atoms with Gasteiger partial charge in [0.05, 0.1) is 12.1 Å². The van der Waals surface area contributed by atoms with E-state index in [2.05, 4.69) is 5.32 Å². The molecule has 0 aliphatic heterocycles. The molecule has 2 atom stereocenters. The van der Waals surface area contributed by atoms with Crippen molar-refractivity contribution in [3.05, 3.63) is 34.9 Å². The fourth-order valence-corrected chi connectivity index (χ4v) is 1.57. The van der Waals surface area contributed by atoms with Gasteiger partial charge in [-0.05, 0) is 30.5 Å². The fourth-order valence-electron chi connectivity index (χ4n) is 1.45. The van der Waals surface area contributed by atoms with Crippen molar-refractivity contribution in [1.29, 1.82) is 0 Å². The van der Waals surface area contributed by atoms with Crippen LogP contribution in [0.5, 0.6) is 0 Å². The molecule has 0 aliphatic rings. The number of rotatable bonds is 4. The number of nitrogens with one attached hydrogen (secondary N) is 1. The second-order valence-corrected chi connectivity index (χ2v) is 4.99. The van der Waals surface area contributed by atoms with Crippen molar-refractivity contribution < 1.29 is 4.79 Å². The molecule has 1 unspecified atom stereocenters. The third-order valence-corrected chi connectivity index (χ3v) is 3.00. The zero-order valence-electron chi connectivity index (χ0n) is 10.4. The van der Waals surface area contributed by atoms with E-state index < -0.39 is 6.04 Å². The topological polar surface area (TPSA) is 55.1 Å². The van der Waals surface area contributed by atoms with Gasteiger partial charge in [0.1, 0.15) is 0 Å². The summed E-state index contributed by atoms with van der Waals surface area (Å²) >= 11 is 5.81. The van der Waals surface area contributed by atoms with Gasteiger partial charge in [-0.15, -0.1) is 0 Å². The molecule has 0 saturated heterocycles. The van der Waals surface area contributed by atoms with Crippen molar-refractivity contribution in [3.8, 4) is 0 Å². The number of halogens is 1. The lowest BCUT2D eigenvalue weighted by Crippen LogP contribution is -2.44. The summed E-state index contributed by atoms with van der Waals surface area (Å²) in [5.41, 5.74) is 6.79. The lowest BCUT2D eigenvalue weighted by molar-refractivity contribution is -0.123. The van der Waals surface area contributed by atoms with Gasteiger partial charge in [0.2, 0.25) is 5.91 Å². The molecule has 0 aromatic heterocycles. The quantitative estimate of drug-likeness (QED) is 0.868. The molecule has 1 aromatic rings. The van der Waals surface area contributed by atoms with Crippen LogP contribution in [0.3, 0.4) is 0 Å². The summed E-state index contributed by atoms with van der Waals surface area (Å²) in [4.78, 5) is 11.8. The van der Waals surface area contributed by atoms with Crippen LogP contribution in [0.15, 0.2) is 24.3 Å². The van der Waals surface area contributed by atoms with E-state index in [4.69, 9.17) is 17.3 Å². The Labute approximate surface area is 107 Å². The Morgan fingerprint density at radius 1 is 1.24 bits per heavy atom. The average Bonchev–Trinajstić information content (AvgIpc) is 2.28. The largest absolute Gasteiger partial charge is 0.348 e. The van der Waals surface area contributed by atoms with E-state index >= 15 is 0 Å². The lowest BCUT2D eigenvalue weighted by atomic mass is 10.0. The van der Waals surface area contributed by atoms with Crippen LogP contribution >= 0.6 is 11.6 Å². The highest BCUT2D eigenvalue weighted by atomic mass is 35.5. The molecule has 94 valence electrons. The number of carbonyl (C=O) groups is 1. The van der Waals surface area contributed by atoms with Gasteiger partial charge in [0, 0.05) is 5.02 Å². The van der Waals surface area contributed by atoms with Gasteiger partial charge in [-0.25, -0.2) is 0 Å².